The maximum atomic E-state index is 9.74. The van der Waals surface area contributed by atoms with E-state index in [1.807, 2.05) is 0 Å². The van der Waals surface area contributed by atoms with Crippen molar-refractivity contribution in [3.63, 3.8) is 0 Å². The van der Waals surface area contributed by atoms with E-state index in [1.165, 1.54) is 0 Å². The second kappa shape index (κ2) is 7.16. The van der Waals surface area contributed by atoms with Crippen molar-refractivity contribution in [2.24, 2.45) is 0 Å². The molecule has 0 aromatic heterocycles. The molecular formula is C17H37BO4Si2. The fourth-order valence-electron chi connectivity index (χ4n) is 2.21. The zero-order valence-corrected chi connectivity index (χ0v) is 19.3. The van der Waals surface area contributed by atoms with Crippen LogP contribution in [0.5, 0.6) is 0 Å². The van der Waals surface area contributed by atoms with Crippen molar-refractivity contribution >= 4 is 24.5 Å². The summed E-state index contributed by atoms with van der Waals surface area (Å²) >= 11 is 0. The summed E-state index contributed by atoms with van der Waals surface area (Å²) in [4.78, 5) is 0. The lowest BCUT2D eigenvalue weighted by Crippen LogP contribution is -2.54. The molecule has 1 aliphatic rings. The van der Waals surface area contributed by atoms with Gasteiger partial charge in [-0.2, -0.15) is 0 Å². The second-order valence-corrected chi connectivity index (χ2v) is 19.5. The van der Waals surface area contributed by atoms with Crippen molar-refractivity contribution in [3.05, 3.63) is 0 Å². The molecule has 7 heteroatoms. The molecule has 0 aromatic rings. The van der Waals surface area contributed by atoms with Gasteiger partial charge in [-0.25, -0.2) is 0 Å². The van der Waals surface area contributed by atoms with Crippen LogP contribution >= 0.6 is 0 Å². The Balaban J connectivity index is 3.08. The van der Waals surface area contributed by atoms with Crippen LogP contribution in [-0.4, -0.2) is 60.5 Å². The maximum absolute atomic E-state index is 9.74. The van der Waals surface area contributed by atoms with E-state index in [-0.39, 0.29) is 28.9 Å². The molecule has 4 nitrogen and oxygen atoms in total. The summed E-state index contributed by atoms with van der Waals surface area (Å²) in [5.41, 5.74) is 0. The molecule has 1 unspecified atom stereocenters. The highest BCUT2D eigenvalue weighted by molar-refractivity contribution is 6.74. The molecule has 0 aromatic carbocycles. The molecule has 1 rings (SSSR count). The van der Waals surface area contributed by atoms with Crippen LogP contribution in [0.25, 0.3) is 0 Å². The summed E-state index contributed by atoms with van der Waals surface area (Å²) in [5, 5.41) is 9.89. The average molecular weight is 372 g/mol. The van der Waals surface area contributed by atoms with Gasteiger partial charge in [0.15, 0.2) is 16.6 Å². The lowest BCUT2D eigenvalue weighted by atomic mass is 9.93. The van der Waals surface area contributed by atoms with Crippen LogP contribution in [0, 0.1) is 0 Å². The number of rotatable bonds is 5. The molecule has 140 valence electrons. The van der Waals surface area contributed by atoms with Crippen LogP contribution in [-0.2, 0) is 13.6 Å². The third-order valence-electron chi connectivity index (χ3n) is 6.00. The highest BCUT2D eigenvalue weighted by Crippen LogP contribution is 2.43. The first-order chi connectivity index (χ1) is 10.5. The van der Waals surface area contributed by atoms with E-state index in [4.69, 9.17) is 21.4 Å². The topological polar surface area (TPSA) is 47.9 Å². The van der Waals surface area contributed by atoms with Gasteiger partial charge in [-0.1, -0.05) is 41.5 Å². The van der Waals surface area contributed by atoms with Gasteiger partial charge in [0.25, 0.3) is 0 Å². The lowest BCUT2D eigenvalue weighted by molar-refractivity contribution is -0.00269. The Hall–Kier alpha value is 0.339. The first-order valence-electron chi connectivity index (χ1n) is 8.91. The Kier molecular flexibility index (Phi) is 6.67. The van der Waals surface area contributed by atoms with Gasteiger partial charge in [0.1, 0.15) is 20.1 Å². The molecule has 1 N–H and O–H groups in total. The Labute approximate surface area is 152 Å². The zero-order chi connectivity index (χ0) is 19.1. The Morgan fingerprint density at radius 1 is 0.875 bits per heavy atom. The molecule has 4 atom stereocenters. The standard InChI is InChI=1S/C17H37BO4Si2/c1-16(2,3)23(7,8)21-13-12(11-19)20-15(18)14(13)22-24(9,10)17(4,5)6/h12-15,19H,11H2,1-10H3/t12-,13+,14?,15-/m1/s1. The number of aliphatic hydroxyl groups is 1. The molecule has 0 aliphatic carbocycles. The van der Waals surface area contributed by atoms with Crippen molar-refractivity contribution in [3.8, 4) is 0 Å². The largest absolute Gasteiger partial charge is 0.409 e. The molecule has 0 saturated carbocycles. The van der Waals surface area contributed by atoms with Gasteiger partial charge in [0, 0.05) is 6.00 Å². The third kappa shape index (κ3) is 4.74. The van der Waals surface area contributed by atoms with Gasteiger partial charge in [-0.15, -0.1) is 0 Å². The van der Waals surface area contributed by atoms with Crippen molar-refractivity contribution < 1.29 is 18.7 Å². The summed E-state index contributed by atoms with van der Waals surface area (Å²) < 4.78 is 18.9. The van der Waals surface area contributed by atoms with E-state index >= 15 is 0 Å². The Morgan fingerprint density at radius 3 is 1.58 bits per heavy atom. The Morgan fingerprint density at radius 2 is 1.25 bits per heavy atom. The molecule has 1 aliphatic heterocycles. The third-order valence-corrected chi connectivity index (χ3v) is 14.9. The molecule has 0 spiro atoms. The minimum Gasteiger partial charge on any atom is -0.409 e. The van der Waals surface area contributed by atoms with Crippen molar-refractivity contribution in [1.29, 1.82) is 0 Å². The van der Waals surface area contributed by atoms with Crippen LogP contribution in [0.3, 0.4) is 0 Å². The van der Waals surface area contributed by atoms with E-state index in [9.17, 15) is 5.11 Å². The van der Waals surface area contributed by atoms with E-state index in [0.717, 1.165) is 0 Å². The fraction of sp³-hybridized carbons (Fsp3) is 1.00. The monoisotopic (exact) mass is 372 g/mol. The van der Waals surface area contributed by atoms with Gasteiger partial charge < -0.3 is 18.7 Å². The van der Waals surface area contributed by atoms with Crippen LogP contribution in [0.1, 0.15) is 41.5 Å². The predicted molar refractivity (Wildman–Crippen MR) is 106 cm³/mol. The first kappa shape index (κ1) is 22.4. The summed E-state index contributed by atoms with van der Waals surface area (Å²) in [6, 6.07) is -0.564. The normalized spacial score (nSPS) is 30.0. The first-order valence-corrected chi connectivity index (χ1v) is 14.7. The molecule has 1 saturated heterocycles. The van der Waals surface area contributed by atoms with E-state index in [2.05, 4.69) is 67.7 Å². The van der Waals surface area contributed by atoms with Gasteiger partial charge in [-0.3, -0.25) is 0 Å². The number of hydrogen-bond donors (Lipinski definition) is 1. The van der Waals surface area contributed by atoms with Gasteiger partial charge in [0.05, 0.1) is 12.7 Å². The molecule has 1 heterocycles. The summed E-state index contributed by atoms with van der Waals surface area (Å²) in [6.45, 7) is 21.9. The Bertz CT molecular complexity index is 429. The lowest BCUT2D eigenvalue weighted by Gasteiger charge is -2.44. The number of hydrogen-bond acceptors (Lipinski definition) is 4. The minimum absolute atomic E-state index is 0.0706. The number of aliphatic hydroxyl groups excluding tert-OH is 1. The van der Waals surface area contributed by atoms with E-state index < -0.39 is 28.7 Å². The summed E-state index contributed by atoms with van der Waals surface area (Å²) in [7, 11) is 2.16. The van der Waals surface area contributed by atoms with Crippen molar-refractivity contribution in [2.75, 3.05) is 6.61 Å². The number of ether oxygens (including phenoxy) is 1. The van der Waals surface area contributed by atoms with Crippen LogP contribution in [0.2, 0.25) is 36.3 Å². The van der Waals surface area contributed by atoms with Gasteiger partial charge >= 0.3 is 0 Å². The molecule has 0 amide bonds. The zero-order valence-electron chi connectivity index (χ0n) is 17.3. The predicted octanol–water partition coefficient (Wildman–Crippen LogP) is 3.65. The molecule has 1 fully saturated rings. The van der Waals surface area contributed by atoms with Crippen LogP contribution in [0.15, 0.2) is 0 Å². The minimum atomic E-state index is -2.03. The SMILES string of the molecule is [B][C@@H]1O[C@H](CO)[C@H](O[Si](C)(C)C(C)(C)C)C1O[Si](C)(C)C(C)(C)C. The van der Waals surface area contributed by atoms with Crippen molar-refractivity contribution in [1.82, 2.24) is 0 Å². The highest BCUT2D eigenvalue weighted by atomic mass is 28.4. The molecule has 2 radical (unpaired) electrons. The summed E-state index contributed by atoms with van der Waals surface area (Å²) in [5.74, 6) is 0. The van der Waals surface area contributed by atoms with Gasteiger partial charge in [-0.05, 0) is 36.3 Å². The van der Waals surface area contributed by atoms with E-state index in [1.54, 1.807) is 0 Å². The summed E-state index contributed by atoms with van der Waals surface area (Å²) in [6.07, 6.45) is -1.08. The molecular weight excluding hydrogens is 335 g/mol. The smallest absolute Gasteiger partial charge is 0.192 e. The maximum Gasteiger partial charge on any atom is 0.192 e. The van der Waals surface area contributed by atoms with E-state index in [0.29, 0.717) is 0 Å². The fourth-order valence-corrected chi connectivity index (χ4v) is 4.84. The van der Waals surface area contributed by atoms with Gasteiger partial charge in [0.2, 0.25) is 0 Å². The van der Waals surface area contributed by atoms with Crippen LogP contribution < -0.4 is 0 Å². The molecule has 24 heavy (non-hydrogen) atoms. The van der Waals surface area contributed by atoms with Crippen LogP contribution in [0.4, 0.5) is 0 Å². The molecule has 0 bridgehead atoms. The van der Waals surface area contributed by atoms with Crippen molar-refractivity contribution in [2.45, 2.75) is 102 Å². The quantitative estimate of drug-likeness (QED) is 0.749. The highest BCUT2D eigenvalue weighted by Gasteiger charge is 2.51. The second-order valence-electron chi connectivity index (χ2n) is 10.0. The average Bonchev–Trinajstić information content (AvgIpc) is 2.63.